The Kier molecular flexibility index (Phi) is 6.90. The zero-order valence-corrected chi connectivity index (χ0v) is 15.0. The van der Waals surface area contributed by atoms with E-state index < -0.39 is 0 Å². The van der Waals surface area contributed by atoms with Crippen LogP contribution in [0.5, 0.6) is 5.75 Å². The van der Waals surface area contributed by atoms with Crippen LogP contribution in [0.3, 0.4) is 0 Å². The van der Waals surface area contributed by atoms with Gasteiger partial charge in [0.2, 0.25) is 0 Å². The number of rotatable bonds is 7. The largest absolute Gasteiger partial charge is 0.494 e. The van der Waals surface area contributed by atoms with Gasteiger partial charge in [-0.3, -0.25) is 0 Å². The van der Waals surface area contributed by atoms with E-state index in [9.17, 15) is 4.79 Å². The Balaban J connectivity index is 1.36. The van der Waals surface area contributed by atoms with Crippen molar-refractivity contribution in [3.8, 4) is 5.75 Å². The number of nitrogens with one attached hydrogen (secondary N) is 1. The molecule has 138 valence electrons. The Morgan fingerprint density at radius 2 is 1.81 bits per heavy atom. The number of para-hydroxylation sites is 1. The second-order valence-electron chi connectivity index (χ2n) is 6.44. The van der Waals surface area contributed by atoms with Gasteiger partial charge < -0.3 is 19.7 Å². The molecule has 1 atom stereocenters. The summed E-state index contributed by atoms with van der Waals surface area (Å²) in [5, 5.41) is 3.47. The van der Waals surface area contributed by atoms with Gasteiger partial charge in [0.25, 0.3) is 0 Å². The molecular weight excluding hydrogens is 328 g/mol. The fourth-order valence-electron chi connectivity index (χ4n) is 3.03. The lowest BCUT2D eigenvalue weighted by molar-refractivity contribution is 0.0837. The molecule has 0 bridgehead atoms. The lowest BCUT2D eigenvalue weighted by Gasteiger charge is -2.33. The van der Waals surface area contributed by atoms with Crippen molar-refractivity contribution < 1.29 is 14.3 Å². The maximum atomic E-state index is 12.3. The molecule has 1 N–H and O–H groups in total. The van der Waals surface area contributed by atoms with Gasteiger partial charge in [-0.15, -0.1) is 0 Å². The molecule has 5 heteroatoms. The van der Waals surface area contributed by atoms with E-state index in [1.807, 2.05) is 60.7 Å². The Morgan fingerprint density at radius 1 is 1.08 bits per heavy atom. The molecule has 2 aromatic carbocycles. The number of hydrogen-bond acceptors (Lipinski definition) is 4. The Labute approximate surface area is 154 Å². The number of nitrogens with zero attached hydrogens (tertiary/aromatic N) is 1. The average molecular weight is 354 g/mol. The van der Waals surface area contributed by atoms with Crippen LogP contribution in [0.15, 0.2) is 60.7 Å². The van der Waals surface area contributed by atoms with Gasteiger partial charge in [0.15, 0.2) is 0 Å². The Bertz CT molecular complexity index is 663. The summed E-state index contributed by atoms with van der Waals surface area (Å²) in [6.07, 6.45) is 1.68. The first-order chi connectivity index (χ1) is 12.8. The summed E-state index contributed by atoms with van der Waals surface area (Å²) in [5.74, 6) is 0.898. The molecule has 1 saturated heterocycles. The molecule has 1 aliphatic heterocycles. The van der Waals surface area contributed by atoms with Gasteiger partial charge in [-0.25, -0.2) is 4.79 Å². The molecule has 1 fully saturated rings. The predicted molar refractivity (Wildman–Crippen MR) is 101 cm³/mol. The first-order valence-corrected chi connectivity index (χ1v) is 9.18. The van der Waals surface area contributed by atoms with E-state index in [0.717, 1.165) is 30.7 Å². The number of hydrogen-bond donors (Lipinski definition) is 1. The zero-order chi connectivity index (χ0) is 18.0. The van der Waals surface area contributed by atoms with Crippen molar-refractivity contribution in [2.75, 3.05) is 26.2 Å². The SMILES string of the molecule is O=C(OCc1ccccc1)N1CCN[C@H](CCCOc2ccccc2)C1. The van der Waals surface area contributed by atoms with E-state index in [0.29, 0.717) is 26.3 Å². The number of ether oxygens (including phenoxy) is 2. The van der Waals surface area contributed by atoms with Gasteiger partial charge in [0.1, 0.15) is 12.4 Å². The monoisotopic (exact) mass is 354 g/mol. The smallest absolute Gasteiger partial charge is 0.410 e. The first kappa shape index (κ1) is 18.3. The third-order valence-corrected chi connectivity index (χ3v) is 4.43. The molecule has 0 spiro atoms. The summed E-state index contributed by atoms with van der Waals surface area (Å²) < 4.78 is 11.2. The lowest BCUT2D eigenvalue weighted by atomic mass is 10.1. The molecule has 2 aromatic rings. The van der Waals surface area contributed by atoms with Crippen molar-refractivity contribution in [3.05, 3.63) is 66.2 Å². The minimum Gasteiger partial charge on any atom is -0.494 e. The van der Waals surface area contributed by atoms with Crippen LogP contribution in [0.2, 0.25) is 0 Å². The molecule has 26 heavy (non-hydrogen) atoms. The van der Waals surface area contributed by atoms with Crippen molar-refractivity contribution >= 4 is 6.09 Å². The number of benzene rings is 2. The first-order valence-electron chi connectivity index (χ1n) is 9.18. The fraction of sp³-hybridized carbons (Fsp3) is 0.381. The van der Waals surface area contributed by atoms with Crippen molar-refractivity contribution in [3.63, 3.8) is 0 Å². The van der Waals surface area contributed by atoms with Gasteiger partial charge in [-0.1, -0.05) is 48.5 Å². The Hall–Kier alpha value is -2.53. The second-order valence-corrected chi connectivity index (χ2v) is 6.44. The van der Waals surface area contributed by atoms with Crippen LogP contribution in [0.25, 0.3) is 0 Å². The van der Waals surface area contributed by atoms with E-state index in [1.165, 1.54) is 0 Å². The van der Waals surface area contributed by atoms with Crippen LogP contribution in [0.1, 0.15) is 18.4 Å². The van der Waals surface area contributed by atoms with Crippen molar-refractivity contribution in [1.82, 2.24) is 10.2 Å². The summed E-state index contributed by atoms with van der Waals surface area (Å²) in [5.41, 5.74) is 1.01. The second kappa shape index (κ2) is 9.82. The topological polar surface area (TPSA) is 50.8 Å². The molecule has 5 nitrogen and oxygen atoms in total. The fourth-order valence-corrected chi connectivity index (χ4v) is 3.03. The number of piperazine rings is 1. The summed E-state index contributed by atoms with van der Waals surface area (Å²) in [6.45, 7) is 3.16. The van der Waals surface area contributed by atoms with Crippen LogP contribution in [0, 0.1) is 0 Å². The minimum absolute atomic E-state index is 0.235. The zero-order valence-electron chi connectivity index (χ0n) is 15.0. The summed E-state index contributed by atoms with van der Waals surface area (Å²) >= 11 is 0. The number of carbonyl (C=O) groups excluding carboxylic acids is 1. The minimum atomic E-state index is -0.235. The standard InChI is InChI=1S/C21H26N2O3/c24-21(26-17-18-8-3-1-4-9-18)23-14-13-22-19(16-23)10-7-15-25-20-11-5-2-6-12-20/h1-6,8-9,11-12,19,22H,7,10,13-17H2/t19-/m1/s1. The molecule has 0 unspecified atom stereocenters. The van der Waals surface area contributed by atoms with Gasteiger partial charge >= 0.3 is 6.09 Å². The summed E-state index contributed by atoms with van der Waals surface area (Å²) in [6, 6.07) is 19.9. The highest BCUT2D eigenvalue weighted by molar-refractivity contribution is 5.67. The van der Waals surface area contributed by atoms with Crippen LogP contribution in [-0.4, -0.2) is 43.3 Å². The molecule has 0 saturated carbocycles. The van der Waals surface area contributed by atoms with E-state index in [4.69, 9.17) is 9.47 Å². The lowest BCUT2D eigenvalue weighted by Crippen LogP contribution is -2.52. The molecule has 0 radical (unpaired) electrons. The predicted octanol–water partition coefficient (Wildman–Crippen LogP) is 3.46. The van der Waals surface area contributed by atoms with Crippen molar-refractivity contribution in [2.45, 2.75) is 25.5 Å². The third-order valence-electron chi connectivity index (χ3n) is 4.43. The number of carbonyl (C=O) groups is 1. The van der Waals surface area contributed by atoms with E-state index in [2.05, 4.69) is 5.32 Å². The maximum Gasteiger partial charge on any atom is 0.410 e. The molecular formula is C21H26N2O3. The highest BCUT2D eigenvalue weighted by Crippen LogP contribution is 2.11. The quantitative estimate of drug-likeness (QED) is 0.774. The third kappa shape index (κ3) is 5.77. The van der Waals surface area contributed by atoms with Crippen LogP contribution in [-0.2, 0) is 11.3 Å². The maximum absolute atomic E-state index is 12.3. The van der Waals surface area contributed by atoms with E-state index in [1.54, 1.807) is 4.90 Å². The van der Waals surface area contributed by atoms with Crippen LogP contribution in [0.4, 0.5) is 4.79 Å². The highest BCUT2D eigenvalue weighted by atomic mass is 16.6. The van der Waals surface area contributed by atoms with Crippen molar-refractivity contribution in [1.29, 1.82) is 0 Å². The van der Waals surface area contributed by atoms with Crippen LogP contribution < -0.4 is 10.1 Å². The molecule has 1 amide bonds. The van der Waals surface area contributed by atoms with Gasteiger partial charge in [-0.2, -0.15) is 0 Å². The average Bonchev–Trinajstić information content (AvgIpc) is 2.71. The van der Waals surface area contributed by atoms with Gasteiger partial charge in [0, 0.05) is 25.7 Å². The molecule has 0 aromatic heterocycles. The van der Waals surface area contributed by atoms with E-state index in [-0.39, 0.29) is 12.1 Å². The normalized spacial score (nSPS) is 16.9. The van der Waals surface area contributed by atoms with Crippen molar-refractivity contribution in [2.24, 2.45) is 0 Å². The molecule has 0 aliphatic carbocycles. The molecule has 1 aliphatic rings. The van der Waals surface area contributed by atoms with E-state index >= 15 is 0 Å². The number of amides is 1. The summed E-state index contributed by atoms with van der Waals surface area (Å²) in [4.78, 5) is 14.1. The Morgan fingerprint density at radius 3 is 2.58 bits per heavy atom. The highest BCUT2D eigenvalue weighted by Gasteiger charge is 2.23. The molecule has 1 heterocycles. The molecule has 3 rings (SSSR count). The summed E-state index contributed by atoms with van der Waals surface area (Å²) in [7, 11) is 0. The van der Waals surface area contributed by atoms with Gasteiger partial charge in [-0.05, 0) is 30.5 Å². The van der Waals surface area contributed by atoms with Gasteiger partial charge in [0.05, 0.1) is 6.61 Å². The van der Waals surface area contributed by atoms with Crippen LogP contribution >= 0.6 is 0 Å².